The van der Waals surface area contributed by atoms with Crippen LogP contribution in [0.5, 0.6) is 0 Å². The molecule has 6 nitrogen and oxygen atoms in total. The lowest BCUT2D eigenvalue weighted by molar-refractivity contribution is -0.383. The Bertz CT molecular complexity index is 529. The van der Waals surface area contributed by atoms with E-state index in [1.165, 1.54) is 18.2 Å². The van der Waals surface area contributed by atoms with Crippen molar-refractivity contribution in [3.8, 4) is 0 Å². The van der Waals surface area contributed by atoms with Crippen molar-refractivity contribution in [2.45, 2.75) is 17.6 Å². The lowest BCUT2D eigenvalue weighted by Gasteiger charge is -2.13. The van der Waals surface area contributed by atoms with Crippen molar-refractivity contribution in [1.29, 1.82) is 0 Å². The van der Waals surface area contributed by atoms with Crippen molar-refractivity contribution in [3.05, 3.63) is 33.9 Å². The van der Waals surface area contributed by atoms with E-state index in [9.17, 15) is 14.9 Å². The van der Waals surface area contributed by atoms with Gasteiger partial charge in [-0.25, -0.2) is 0 Å². The molecule has 0 heterocycles. The van der Waals surface area contributed by atoms with E-state index < -0.39 is 4.92 Å². The number of nitrogens with one attached hydrogen (secondary N) is 1. The van der Waals surface area contributed by atoms with Crippen molar-refractivity contribution in [2.75, 3.05) is 18.5 Å². The maximum Gasteiger partial charge on any atom is 0.292 e. The molecule has 0 spiro atoms. The number of rotatable bonds is 5. The zero-order chi connectivity index (χ0) is 14.0. The number of anilines is 1. The van der Waals surface area contributed by atoms with Gasteiger partial charge in [0.25, 0.3) is 11.6 Å². The molecule has 2 rings (SSSR count). The molecule has 1 aliphatic rings. The van der Waals surface area contributed by atoms with Gasteiger partial charge in [0.15, 0.2) is 0 Å². The Balaban J connectivity index is 2.11. The second-order valence-corrected chi connectivity index (χ2v) is 5.84. The summed E-state index contributed by atoms with van der Waals surface area (Å²) in [4.78, 5) is 22.2. The summed E-state index contributed by atoms with van der Waals surface area (Å²) < 4.78 is 0.144. The summed E-state index contributed by atoms with van der Waals surface area (Å²) >= 11 is 1.73. The number of benzene rings is 1. The predicted octanol–water partition coefficient (Wildman–Crippen LogP) is 1.80. The highest BCUT2D eigenvalue weighted by Gasteiger charge is 2.42. The van der Waals surface area contributed by atoms with Crippen LogP contribution in [0.4, 0.5) is 11.4 Å². The number of nitrogens with two attached hydrogens (primary N) is 1. The minimum Gasteiger partial charge on any atom is -0.393 e. The third-order valence-corrected chi connectivity index (χ3v) is 4.75. The summed E-state index contributed by atoms with van der Waals surface area (Å²) in [6.45, 7) is 0.565. The number of thioether (sulfide) groups is 1. The maximum absolute atomic E-state index is 12.0. The Labute approximate surface area is 114 Å². The Hall–Kier alpha value is -1.76. The van der Waals surface area contributed by atoms with Gasteiger partial charge in [0, 0.05) is 17.4 Å². The number of carbonyl (C=O) groups excluding carboxylic acids is 1. The van der Waals surface area contributed by atoms with Crippen molar-refractivity contribution in [2.24, 2.45) is 0 Å². The fourth-order valence-electron chi connectivity index (χ4n) is 1.84. The number of carbonyl (C=O) groups is 1. The highest BCUT2D eigenvalue weighted by atomic mass is 32.2. The second kappa shape index (κ2) is 5.08. The lowest BCUT2D eigenvalue weighted by Crippen LogP contribution is -2.32. The van der Waals surface area contributed by atoms with Crippen LogP contribution in [0.1, 0.15) is 23.2 Å². The van der Waals surface area contributed by atoms with Gasteiger partial charge in [-0.05, 0) is 25.2 Å². The van der Waals surface area contributed by atoms with Crippen LogP contribution in [0.2, 0.25) is 0 Å². The number of hydrogen-bond donors (Lipinski definition) is 2. The molecule has 1 aliphatic carbocycles. The van der Waals surface area contributed by atoms with Gasteiger partial charge in [-0.1, -0.05) is 6.07 Å². The van der Waals surface area contributed by atoms with E-state index >= 15 is 0 Å². The molecular formula is C12H15N3O3S. The first-order valence-corrected chi connectivity index (χ1v) is 7.08. The molecule has 7 heteroatoms. The SMILES string of the molecule is CSC1(CNC(=O)c2cccc([N+](=O)[O-])c2N)CC1. The number of para-hydroxylation sites is 1. The molecule has 0 saturated heterocycles. The molecule has 0 atom stereocenters. The molecule has 0 bridgehead atoms. The quantitative estimate of drug-likeness (QED) is 0.487. The molecule has 102 valence electrons. The molecule has 1 aromatic carbocycles. The number of nitro groups is 1. The average Bonchev–Trinajstić information content (AvgIpc) is 3.16. The number of nitrogens with zero attached hydrogens (tertiary/aromatic N) is 1. The Morgan fingerprint density at radius 3 is 2.79 bits per heavy atom. The number of nitrogen functional groups attached to an aromatic ring is 1. The van der Waals surface area contributed by atoms with E-state index in [1.807, 2.05) is 6.26 Å². The van der Waals surface area contributed by atoms with Crippen molar-refractivity contribution < 1.29 is 9.72 Å². The minimum absolute atomic E-state index is 0.0843. The van der Waals surface area contributed by atoms with Gasteiger partial charge < -0.3 is 11.1 Å². The number of amides is 1. The summed E-state index contributed by atoms with van der Waals surface area (Å²) in [7, 11) is 0. The smallest absolute Gasteiger partial charge is 0.292 e. The molecule has 0 aromatic heterocycles. The highest BCUT2D eigenvalue weighted by Crippen LogP contribution is 2.46. The monoisotopic (exact) mass is 281 g/mol. The van der Waals surface area contributed by atoms with E-state index in [2.05, 4.69) is 5.32 Å². The second-order valence-electron chi connectivity index (χ2n) is 4.57. The Morgan fingerprint density at radius 2 is 2.26 bits per heavy atom. The topological polar surface area (TPSA) is 98.3 Å². The lowest BCUT2D eigenvalue weighted by atomic mass is 10.1. The van der Waals surface area contributed by atoms with Crippen LogP contribution in [0.15, 0.2) is 18.2 Å². The van der Waals surface area contributed by atoms with Gasteiger partial charge in [-0.3, -0.25) is 14.9 Å². The fourth-order valence-corrected chi connectivity index (χ4v) is 2.57. The summed E-state index contributed by atoms with van der Waals surface area (Å²) in [6, 6.07) is 4.25. The van der Waals surface area contributed by atoms with Crippen molar-refractivity contribution >= 4 is 29.0 Å². The first-order chi connectivity index (χ1) is 8.99. The summed E-state index contributed by atoms with van der Waals surface area (Å²) in [5.74, 6) is -0.360. The van der Waals surface area contributed by atoms with E-state index in [-0.39, 0.29) is 27.6 Å². The van der Waals surface area contributed by atoms with Gasteiger partial charge in [0.05, 0.1) is 10.5 Å². The Morgan fingerprint density at radius 1 is 1.58 bits per heavy atom. The highest BCUT2D eigenvalue weighted by molar-refractivity contribution is 8.00. The molecule has 0 unspecified atom stereocenters. The molecule has 1 amide bonds. The van der Waals surface area contributed by atoms with Gasteiger partial charge in [-0.15, -0.1) is 0 Å². The van der Waals surface area contributed by atoms with Crippen LogP contribution in [-0.4, -0.2) is 28.4 Å². The van der Waals surface area contributed by atoms with Gasteiger partial charge in [-0.2, -0.15) is 11.8 Å². The Kier molecular flexibility index (Phi) is 3.66. The van der Waals surface area contributed by atoms with Crippen LogP contribution in [0.3, 0.4) is 0 Å². The van der Waals surface area contributed by atoms with Gasteiger partial charge in [0.1, 0.15) is 5.69 Å². The fraction of sp³-hybridized carbons (Fsp3) is 0.417. The zero-order valence-corrected chi connectivity index (χ0v) is 11.3. The van der Waals surface area contributed by atoms with Crippen molar-refractivity contribution in [3.63, 3.8) is 0 Å². The van der Waals surface area contributed by atoms with Crippen LogP contribution in [0, 0.1) is 10.1 Å². The first kappa shape index (κ1) is 13.7. The van der Waals surface area contributed by atoms with Crippen LogP contribution >= 0.6 is 11.8 Å². The molecule has 0 aliphatic heterocycles. The third-order valence-electron chi connectivity index (χ3n) is 3.34. The first-order valence-electron chi connectivity index (χ1n) is 5.85. The van der Waals surface area contributed by atoms with E-state index in [0.717, 1.165) is 12.8 Å². The normalized spacial score (nSPS) is 15.8. The van der Waals surface area contributed by atoms with E-state index in [4.69, 9.17) is 5.73 Å². The number of hydrogen-bond acceptors (Lipinski definition) is 5. The van der Waals surface area contributed by atoms with Crippen LogP contribution in [0.25, 0.3) is 0 Å². The summed E-state index contributed by atoms with van der Waals surface area (Å²) in [5.41, 5.74) is 5.50. The van der Waals surface area contributed by atoms with E-state index in [1.54, 1.807) is 11.8 Å². The number of nitro benzene ring substituents is 1. The van der Waals surface area contributed by atoms with Gasteiger partial charge >= 0.3 is 0 Å². The van der Waals surface area contributed by atoms with Crippen LogP contribution < -0.4 is 11.1 Å². The molecule has 1 fully saturated rings. The maximum atomic E-state index is 12.0. The van der Waals surface area contributed by atoms with E-state index in [0.29, 0.717) is 6.54 Å². The summed E-state index contributed by atoms with van der Waals surface area (Å²) in [5, 5.41) is 13.6. The predicted molar refractivity (Wildman–Crippen MR) is 75.3 cm³/mol. The zero-order valence-electron chi connectivity index (χ0n) is 10.5. The molecule has 0 radical (unpaired) electrons. The molecule has 3 N–H and O–H groups in total. The minimum atomic E-state index is -0.587. The van der Waals surface area contributed by atoms with Crippen molar-refractivity contribution in [1.82, 2.24) is 5.32 Å². The standard InChI is InChI=1S/C12H15N3O3S/c1-19-12(5-6-12)7-14-11(16)8-3-2-4-9(10(8)13)15(17)18/h2-4H,5-7,13H2,1H3,(H,14,16). The largest absolute Gasteiger partial charge is 0.393 e. The molecule has 1 saturated carbocycles. The summed E-state index contributed by atoms with van der Waals surface area (Å²) in [6.07, 6.45) is 4.18. The molecule has 1 aromatic rings. The average molecular weight is 281 g/mol. The van der Waals surface area contributed by atoms with Crippen LogP contribution in [-0.2, 0) is 0 Å². The molecule has 19 heavy (non-hydrogen) atoms. The third kappa shape index (κ3) is 2.81. The molecular weight excluding hydrogens is 266 g/mol. The van der Waals surface area contributed by atoms with Gasteiger partial charge in [0.2, 0.25) is 0 Å².